The van der Waals surface area contributed by atoms with E-state index >= 15 is 0 Å². The molecule has 0 aliphatic carbocycles. The zero-order valence-corrected chi connectivity index (χ0v) is 13.2. The molecule has 1 aromatic heterocycles. The van der Waals surface area contributed by atoms with Gasteiger partial charge in [0.1, 0.15) is 0 Å². The van der Waals surface area contributed by atoms with Gasteiger partial charge in [-0.1, -0.05) is 6.07 Å². The summed E-state index contributed by atoms with van der Waals surface area (Å²) in [6.07, 6.45) is 0. The first kappa shape index (κ1) is 15.9. The third kappa shape index (κ3) is 3.40. The number of Topliss-reactive ketones (excluding diaryl/α,β-unsaturated/α-hetero) is 1. The van der Waals surface area contributed by atoms with E-state index in [1.165, 1.54) is 14.0 Å². The highest BCUT2D eigenvalue weighted by atomic mass is 32.1. The molecule has 22 heavy (non-hydrogen) atoms. The Morgan fingerprint density at radius 1 is 1.09 bits per heavy atom. The summed E-state index contributed by atoms with van der Waals surface area (Å²) < 4.78 is 4.66. The van der Waals surface area contributed by atoms with Crippen LogP contribution in [0.4, 0.5) is 5.69 Å². The Hall–Kier alpha value is -2.47. The lowest BCUT2D eigenvalue weighted by atomic mass is 10.1. The molecule has 0 bridgehead atoms. The second-order valence-corrected chi connectivity index (χ2v) is 5.78. The van der Waals surface area contributed by atoms with Gasteiger partial charge in [-0.25, -0.2) is 4.79 Å². The molecular formula is C16H15NO4S. The van der Waals surface area contributed by atoms with Crippen molar-refractivity contribution < 1.29 is 19.1 Å². The SMILES string of the molecule is COC(=O)c1ccc(C)c(NC(=O)c2ccc(C(C)=O)s2)c1. The molecule has 0 saturated carbocycles. The van der Waals surface area contributed by atoms with Crippen molar-refractivity contribution in [2.45, 2.75) is 13.8 Å². The van der Waals surface area contributed by atoms with Gasteiger partial charge in [-0.05, 0) is 43.7 Å². The molecule has 5 nitrogen and oxygen atoms in total. The van der Waals surface area contributed by atoms with Crippen molar-refractivity contribution in [2.75, 3.05) is 12.4 Å². The van der Waals surface area contributed by atoms with Crippen molar-refractivity contribution in [2.24, 2.45) is 0 Å². The average molecular weight is 317 g/mol. The van der Waals surface area contributed by atoms with Crippen molar-refractivity contribution in [3.8, 4) is 0 Å². The molecule has 1 N–H and O–H groups in total. The molecule has 2 rings (SSSR count). The van der Waals surface area contributed by atoms with Crippen molar-refractivity contribution in [1.29, 1.82) is 0 Å². The van der Waals surface area contributed by atoms with Crippen LogP contribution in [0.1, 0.15) is 42.2 Å². The zero-order chi connectivity index (χ0) is 16.3. The van der Waals surface area contributed by atoms with Gasteiger partial charge >= 0.3 is 5.97 Å². The lowest BCUT2D eigenvalue weighted by Gasteiger charge is -2.09. The molecule has 114 valence electrons. The smallest absolute Gasteiger partial charge is 0.337 e. The molecule has 0 saturated heterocycles. The largest absolute Gasteiger partial charge is 0.465 e. The molecule has 0 spiro atoms. The molecule has 0 atom stereocenters. The minimum Gasteiger partial charge on any atom is -0.465 e. The lowest BCUT2D eigenvalue weighted by molar-refractivity contribution is 0.0600. The fourth-order valence-corrected chi connectivity index (χ4v) is 2.63. The summed E-state index contributed by atoms with van der Waals surface area (Å²) in [6, 6.07) is 8.17. The van der Waals surface area contributed by atoms with E-state index in [4.69, 9.17) is 0 Å². The van der Waals surface area contributed by atoms with Gasteiger partial charge in [-0.15, -0.1) is 11.3 Å². The maximum absolute atomic E-state index is 12.2. The summed E-state index contributed by atoms with van der Waals surface area (Å²) in [4.78, 5) is 36.0. The normalized spacial score (nSPS) is 10.1. The van der Waals surface area contributed by atoms with Crippen molar-refractivity contribution in [1.82, 2.24) is 0 Å². The summed E-state index contributed by atoms with van der Waals surface area (Å²) in [5, 5.41) is 2.75. The van der Waals surface area contributed by atoms with Crippen LogP contribution in [0, 0.1) is 6.92 Å². The topological polar surface area (TPSA) is 72.5 Å². The summed E-state index contributed by atoms with van der Waals surface area (Å²) >= 11 is 1.14. The lowest BCUT2D eigenvalue weighted by Crippen LogP contribution is -2.12. The fraction of sp³-hybridized carbons (Fsp3) is 0.188. The van der Waals surface area contributed by atoms with Crippen molar-refractivity contribution >= 4 is 34.7 Å². The number of carbonyl (C=O) groups excluding carboxylic acids is 3. The Morgan fingerprint density at radius 3 is 2.36 bits per heavy atom. The standard InChI is InChI=1S/C16H15NO4S/c1-9-4-5-11(16(20)21-3)8-12(9)17-15(19)14-7-6-13(22-14)10(2)18/h4-8H,1-3H3,(H,17,19). The molecule has 0 radical (unpaired) electrons. The monoisotopic (exact) mass is 317 g/mol. The van der Waals surface area contributed by atoms with Gasteiger partial charge in [0.25, 0.3) is 5.91 Å². The van der Waals surface area contributed by atoms with Crippen LogP contribution in [-0.2, 0) is 4.74 Å². The van der Waals surface area contributed by atoms with Gasteiger partial charge in [0.05, 0.1) is 22.4 Å². The molecular weight excluding hydrogens is 302 g/mol. The highest BCUT2D eigenvalue weighted by Gasteiger charge is 2.14. The summed E-state index contributed by atoms with van der Waals surface area (Å²) in [6.45, 7) is 3.28. The molecule has 0 aliphatic heterocycles. The van der Waals surface area contributed by atoms with E-state index in [-0.39, 0.29) is 11.7 Å². The van der Waals surface area contributed by atoms with Crippen molar-refractivity contribution in [3.63, 3.8) is 0 Å². The number of ether oxygens (including phenoxy) is 1. The number of benzene rings is 1. The van der Waals surface area contributed by atoms with Gasteiger partial charge in [-0.2, -0.15) is 0 Å². The van der Waals surface area contributed by atoms with Crippen LogP contribution >= 0.6 is 11.3 Å². The van der Waals surface area contributed by atoms with E-state index in [9.17, 15) is 14.4 Å². The number of ketones is 1. The number of anilines is 1. The number of rotatable bonds is 4. The first-order chi connectivity index (χ1) is 10.4. The number of aryl methyl sites for hydroxylation is 1. The summed E-state index contributed by atoms with van der Waals surface area (Å²) in [7, 11) is 1.30. The van der Waals surface area contributed by atoms with E-state index in [1.54, 1.807) is 30.3 Å². The second kappa shape index (κ2) is 6.53. The predicted molar refractivity (Wildman–Crippen MR) is 84.8 cm³/mol. The Morgan fingerprint density at radius 2 is 1.77 bits per heavy atom. The maximum Gasteiger partial charge on any atom is 0.337 e. The Labute approximate surface area is 131 Å². The molecule has 1 aromatic carbocycles. The van der Waals surface area contributed by atoms with Crippen LogP contribution < -0.4 is 5.32 Å². The van der Waals surface area contributed by atoms with Gasteiger partial charge in [-0.3, -0.25) is 9.59 Å². The average Bonchev–Trinajstić information content (AvgIpc) is 2.99. The van der Waals surface area contributed by atoms with E-state index in [0.29, 0.717) is 21.0 Å². The molecule has 0 unspecified atom stereocenters. The number of hydrogen-bond donors (Lipinski definition) is 1. The molecule has 0 aliphatic rings. The Balaban J connectivity index is 2.23. The number of methoxy groups -OCH3 is 1. The quantitative estimate of drug-likeness (QED) is 0.693. The van der Waals surface area contributed by atoms with E-state index < -0.39 is 5.97 Å². The van der Waals surface area contributed by atoms with Crippen LogP contribution in [-0.4, -0.2) is 24.8 Å². The van der Waals surface area contributed by atoms with Crippen molar-refractivity contribution in [3.05, 3.63) is 51.2 Å². The fourth-order valence-electron chi connectivity index (χ4n) is 1.83. The maximum atomic E-state index is 12.2. The summed E-state index contributed by atoms with van der Waals surface area (Å²) in [5.74, 6) is -0.860. The molecule has 6 heteroatoms. The van der Waals surface area contributed by atoms with Gasteiger partial charge in [0.2, 0.25) is 0 Å². The molecule has 0 fully saturated rings. The number of nitrogens with one attached hydrogen (secondary N) is 1. The van der Waals surface area contributed by atoms with E-state index in [2.05, 4.69) is 10.1 Å². The van der Waals surface area contributed by atoms with E-state index in [1.807, 2.05) is 6.92 Å². The van der Waals surface area contributed by atoms with Crippen LogP contribution in [0.5, 0.6) is 0 Å². The first-order valence-electron chi connectivity index (χ1n) is 6.53. The molecule has 1 amide bonds. The molecule has 2 aromatic rings. The van der Waals surface area contributed by atoms with Crippen LogP contribution in [0.25, 0.3) is 0 Å². The third-order valence-electron chi connectivity index (χ3n) is 3.08. The Bertz CT molecular complexity index is 748. The number of carbonyl (C=O) groups is 3. The highest BCUT2D eigenvalue weighted by molar-refractivity contribution is 7.16. The number of hydrogen-bond acceptors (Lipinski definition) is 5. The first-order valence-corrected chi connectivity index (χ1v) is 7.35. The van der Waals surface area contributed by atoms with Crippen LogP contribution in [0.15, 0.2) is 30.3 Å². The number of amides is 1. The summed E-state index contributed by atoms with van der Waals surface area (Å²) in [5.41, 5.74) is 1.72. The van der Waals surface area contributed by atoms with Crippen LogP contribution in [0.2, 0.25) is 0 Å². The van der Waals surface area contributed by atoms with Gasteiger partial charge < -0.3 is 10.1 Å². The van der Waals surface area contributed by atoms with Crippen LogP contribution in [0.3, 0.4) is 0 Å². The second-order valence-electron chi connectivity index (χ2n) is 4.70. The number of esters is 1. The highest BCUT2D eigenvalue weighted by Crippen LogP contribution is 2.21. The minimum absolute atomic E-state index is 0.0760. The minimum atomic E-state index is -0.467. The molecule has 1 heterocycles. The zero-order valence-electron chi connectivity index (χ0n) is 12.4. The van der Waals surface area contributed by atoms with Gasteiger partial charge in [0.15, 0.2) is 5.78 Å². The number of thiophene rings is 1. The predicted octanol–water partition coefficient (Wildman–Crippen LogP) is 3.30. The third-order valence-corrected chi connectivity index (χ3v) is 4.27. The van der Waals surface area contributed by atoms with E-state index in [0.717, 1.165) is 16.9 Å². The Kier molecular flexibility index (Phi) is 4.72. The van der Waals surface area contributed by atoms with Gasteiger partial charge in [0, 0.05) is 5.69 Å².